The van der Waals surface area contributed by atoms with Gasteiger partial charge in [-0.2, -0.15) is 5.10 Å². The minimum Gasteiger partial charge on any atom is -0.353 e. The third-order valence-electron chi connectivity index (χ3n) is 5.32. The lowest BCUT2D eigenvalue weighted by atomic mass is 10.0. The molecule has 0 aliphatic heterocycles. The molecule has 30 heavy (non-hydrogen) atoms. The monoisotopic (exact) mass is 388 g/mol. The van der Waals surface area contributed by atoms with Crippen molar-refractivity contribution in [1.29, 1.82) is 0 Å². The molecule has 142 valence electrons. The molecule has 0 aliphatic carbocycles. The molecule has 6 nitrogen and oxygen atoms in total. The molecule has 6 aromatic rings. The van der Waals surface area contributed by atoms with Gasteiger partial charge in [-0.05, 0) is 53.6 Å². The fourth-order valence-corrected chi connectivity index (χ4v) is 3.86. The van der Waals surface area contributed by atoms with Gasteiger partial charge in [0.2, 0.25) is 0 Å². The number of aromatic nitrogens is 6. The number of aromatic amines is 2. The molecule has 1 aromatic carbocycles. The number of nitrogens with zero attached hydrogens (tertiary/aromatic N) is 4. The highest BCUT2D eigenvalue weighted by Crippen LogP contribution is 2.34. The Morgan fingerprint density at radius 1 is 0.700 bits per heavy atom. The van der Waals surface area contributed by atoms with Gasteiger partial charge in [-0.25, -0.2) is 0 Å². The number of pyridine rings is 3. The second-order valence-corrected chi connectivity index (χ2v) is 7.11. The number of hydrogen-bond acceptors (Lipinski definition) is 4. The van der Waals surface area contributed by atoms with Gasteiger partial charge in [0.1, 0.15) is 5.69 Å². The fourth-order valence-electron chi connectivity index (χ4n) is 3.86. The lowest BCUT2D eigenvalue weighted by Gasteiger charge is -2.02. The first-order valence-corrected chi connectivity index (χ1v) is 9.64. The first-order chi connectivity index (χ1) is 14.9. The van der Waals surface area contributed by atoms with E-state index in [1.54, 1.807) is 6.20 Å². The molecule has 0 spiro atoms. The average molecular weight is 388 g/mol. The van der Waals surface area contributed by atoms with Crippen LogP contribution in [0, 0.1) is 0 Å². The molecule has 0 bridgehead atoms. The zero-order valence-electron chi connectivity index (χ0n) is 15.9. The van der Waals surface area contributed by atoms with E-state index in [2.05, 4.69) is 60.5 Å². The fraction of sp³-hybridized carbons (Fsp3) is 0. The summed E-state index contributed by atoms with van der Waals surface area (Å²) in [7, 11) is 0. The van der Waals surface area contributed by atoms with Gasteiger partial charge in [0.25, 0.3) is 0 Å². The van der Waals surface area contributed by atoms with Crippen molar-refractivity contribution in [3.63, 3.8) is 0 Å². The molecular weight excluding hydrogens is 372 g/mol. The molecule has 0 amide bonds. The van der Waals surface area contributed by atoms with Crippen molar-refractivity contribution in [2.75, 3.05) is 0 Å². The second kappa shape index (κ2) is 6.63. The minimum atomic E-state index is 0.867. The van der Waals surface area contributed by atoms with E-state index in [4.69, 9.17) is 0 Å². The quantitative estimate of drug-likeness (QED) is 0.435. The SMILES string of the molecule is c1cncc(-c2cc3c(-c4cc5c(-c6ccncc6)cccc5[nH]4)n[nH]c3cn2)c1. The number of fused-ring (bicyclic) bond motifs is 2. The van der Waals surface area contributed by atoms with Crippen molar-refractivity contribution < 1.29 is 0 Å². The first-order valence-electron chi connectivity index (χ1n) is 9.64. The van der Waals surface area contributed by atoms with Gasteiger partial charge in [-0.3, -0.25) is 20.1 Å². The number of benzene rings is 1. The molecule has 0 saturated carbocycles. The van der Waals surface area contributed by atoms with Crippen LogP contribution in [0.4, 0.5) is 0 Å². The largest absolute Gasteiger partial charge is 0.353 e. The summed E-state index contributed by atoms with van der Waals surface area (Å²) in [6, 6.07) is 18.5. The van der Waals surface area contributed by atoms with Crippen LogP contribution in [0.3, 0.4) is 0 Å². The Hall–Kier alpha value is -4.32. The van der Waals surface area contributed by atoms with E-state index in [9.17, 15) is 0 Å². The zero-order valence-corrected chi connectivity index (χ0v) is 15.9. The Morgan fingerprint density at radius 3 is 2.50 bits per heavy atom. The van der Waals surface area contributed by atoms with E-state index in [1.165, 1.54) is 0 Å². The van der Waals surface area contributed by atoms with Crippen LogP contribution in [0.1, 0.15) is 0 Å². The molecule has 6 heteroatoms. The molecule has 5 heterocycles. The Balaban J connectivity index is 1.52. The summed E-state index contributed by atoms with van der Waals surface area (Å²) >= 11 is 0. The maximum absolute atomic E-state index is 4.58. The van der Waals surface area contributed by atoms with E-state index in [1.807, 2.05) is 49.1 Å². The highest BCUT2D eigenvalue weighted by molar-refractivity contribution is 6.01. The Labute approximate surface area is 171 Å². The Bertz CT molecular complexity index is 1480. The average Bonchev–Trinajstić information content (AvgIpc) is 3.43. The Morgan fingerprint density at radius 2 is 1.63 bits per heavy atom. The van der Waals surface area contributed by atoms with Crippen LogP contribution in [-0.2, 0) is 0 Å². The lowest BCUT2D eigenvalue weighted by molar-refractivity contribution is 1.11. The molecule has 0 radical (unpaired) electrons. The highest BCUT2D eigenvalue weighted by Gasteiger charge is 2.14. The highest BCUT2D eigenvalue weighted by atomic mass is 15.1. The summed E-state index contributed by atoms with van der Waals surface area (Å²) in [5.41, 5.74) is 7.93. The van der Waals surface area contributed by atoms with Crippen LogP contribution in [0.2, 0.25) is 0 Å². The van der Waals surface area contributed by atoms with Crippen molar-refractivity contribution in [2.45, 2.75) is 0 Å². The van der Waals surface area contributed by atoms with Gasteiger partial charge in [-0.1, -0.05) is 12.1 Å². The molecule has 0 fully saturated rings. The van der Waals surface area contributed by atoms with E-state index in [0.29, 0.717) is 0 Å². The molecule has 5 aromatic heterocycles. The summed E-state index contributed by atoms with van der Waals surface area (Å²) < 4.78 is 0. The standard InChI is InChI=1S/C24H16N6/c1-4-17(15-6-9-25-10-7-15)18-11-22(28-20(18)5-1)24-19-12-21(16-3-2-8-26-13-16)27-14-23(19)29-30-24/h1-14,28H,(H,29,30). The Kier molecular flexibility index (Phi) is 3.67. The summed E-state index contributed by atoms with van der Waals surface area (Å²) in [6.07, 6.45) is 9.03. The van der Waals surface area contributed by atoms with Gasteiger partial charge in [0, 0.05) is 46.6 Å². The van der Waals surface area contributed by atoms with Crippen LogP contribution >= 0.6 is 0 Å². The number of nitrogens with one attached hydrogen (secondary N) is 2. The van der Waals surface area contributed by atoms with E-state index in [-0.39, 0.29) is 0 Å². The van der Waals surface area contributed by atoms with Crippen molar-refractivity contribution in [1.82, 2.24) is 30.1 Å². The van der Waals surface area contributed by atoms with Gasteiger partial charge in [0.15, 0.2) is 0 Å². The van der Waals surface area contributed by atoms with E-state index in [0.717, 1.165) is 55.6 Å². The second-order valence-electron chi connectivity index (χ2n) is 7.11. The smallest absolute Gasteiger partial charge is 0.116 e. The third kappa shape index (κ3) is 2.66. The van der Waals surface area contributed by atoms with Crippen LogP contribution in [0.15, 0.2) is 85.6 Å². The molecule has 2 N–H and O–H groups in total. The molecule has 0 atom stereocenters. The van der Waals surface area contributed by atoms with Crippen molar-refractivity contribution in [3.8, 4) is 33.8 Å². The van der Waals surface area contributed by atoms with E-state index >= 15 is 0 Å². The van der Waals surface area contributed by atoms with Crippen LogP contribution in [0.25, 0.3) is 55.6 Å². The summed E-state index contributed by atoms with van der Waals surface area (Å²) in [5.74, 6) is 0. The minimum absolute atomic E-state index is 0.867. The van der Waals surface area contributed by atoms with E-state index < -0.39 is 0 Å². The van der Waals surface area contributed by atoms with Crippen LogP contribution < -0.4 is 0 Å². The van der Waals surface area contributed by atoms with Crippen molar-refractivity contribution in [2.24, 2.45) is 0 Å². The van der Waals surface area contributed by atoms with Gasteiger partial charge >= 0.3 is 0 Å². The predicted octanol–water partition coefficient (Wildman–Crippen LogP) is 5.23. The van der Waals surface area contributed by atoms with Crippen LogP contribution in [-0.4, -0.2) is 30.1 Å². The number of hydrogen-bond donors (Lipinski definition) is 2. The lowest BCUT2D eigenvalue weighted by Crippen LogP contribution is -1.85. The normalized spacial score (nSPS) is 11.3. The topological polar surface area (TPSA) is 83.1 Å². The summed E-state index contributed by atoms with van der Waals surface area (Å²) in [5, 5.41) is 9.84. The predicted molar refractivity (Wildman–Crippen MR) is 118 cm³/mol. The van der Waals surface area contributed by atoms with Crippen molar-refractivity contribution >= 4 is 21.8 Å². The number of rotatable bonds is 3. The molecule has 0 saturated heterocycles. The molecule has 0 unspecified atom stereocenters. The molecule has 6 rings (SSSR count). The van der Waals surface area contributed by atoms with Crippen LogP contribution in [0.5, 0.6) is 0 Å². The van der Waals surface area contributed by atoms with Gasteiger partial charge in [-0.15, -0.1) is 0 Å². The van der Waals surface area contributed by atoms with Crippen molar-refractivity contribution in [3.05, 3.63) is 85.6 Å². The maximum atomic E-state index is 4.58. The summed E-state index contributed by atoms with van der Waals surface area (Å²) in [6.45, 7) is 0. The van der Waals surface area contributed by atoms with Gasteiger partial charge < -0.3 is 4.98 Å². The van der Waals surface area contributed by atoms with Gasteiger partial charge in [0.05, 0.1) is 23.1 Å². The number of H-pyrrole nitrogens is 2. The maximum Gasteiger partial charge on any atom is 0.116 e. The first kappa shape index (κ1) is 16.6. The zero-order chi connectivity index (χ0) is 19.9. The summed E-state index contributed by atoms with van der Waals surface area (Å²) in [4.78, 5) is 16.4. The molecular formula is C24H16N6. The third-order valence-corrected chi connectivity index (χ3v) is 5.32. The molecule has 0 aliphatic rings.